The van der Waals surface area contributed by atoms with Crippen molar-refractivity contribution in [2.24, 2.45) is 0 Å². The highest BCUT2D eigenvalue weighted by molar-refractivity contribution is 5.96. The molecule has 1 aliphatic rings. The summed E-state index contributed by atoms with van der Waals surface area (Å²) in [7, 11) is 0. The molecule has 1 aromatic rings. The average Bonchev–Trinajstić information content (AvgIpc) is 2.45. The minimum Gasteiger partial charge on any atom is -0.343 e. The second-order valence-corrected chi connectivity index (χ2v) is 4.74. The van der Waals surface area contributed by atoms with E-state index in [2.05, 4.69) is 10.6 Å². The smallest absolute Gasteiger partial charge is 0.251 e. The molecule has 5 nitrogen and oxygen atoms in total. The summed E-state index contributed by atoms with van der Waals surface area (Å²) >= 11 is 0. The van der Waals surface area contributed by atoms with E-state index in [1.54, 1.807) is 29.2 Å². The molecule has 0 aliphatic carbocycles. The summed E-state index contributed by atoms with van der Waals surface area (Å²) in [4.78, 5) is 25.5. The number of nitrogens with zero attached hydrogens (tertiary/aromatic N) is 1. The highest BCUT2D eigenvalue weighted by atomic mass is 16.2. The zero-order valence-electron chi connectivity index (χ0n) is 11.1. The monoisotopic (exact) mass is 261 g/mol. The van der Waals surface area contributed by atoms with Crippen LogP contribution in [0.25, 0.3) is 0 Å². The van der Waals surface area contributed by atoms with E-state index < -0.39 is 0 Å². The lowest BCUT2D eigenvalue weighted by atomic mass is 10.2. The van der Waals surface area contributed by atoms with E-state index in [1.165, 1.54) is 0 Å². The van der Waals surface area contributed by atoms with Crippen molar-refractivity contribution in [2.45, 2.75) is 13.0 Å². The van der Waals surface area contributed by atoms with Gasteiger partial charge in [0.2, 0.25) is 5.91 Å². The summed E-state index contributed by atoms with van der Waals surface area (Å²) in [5.41, 5.74) is 0.573. The number of hydrogen-bond acceptors (Lipinski definition) is 3. The van der Waals surface area contributed by atoms with Crippen molar-refractivity contribution in [3.63, 3.8) is 0 Å². The highest BCUT2D eigenvalue weighted by Gasteiger charge is 2.20. The second-order valence-electron chi connectivity index (χ2n) is 4.74. The van der Waals surface area contributed by atoms with Gasteiger partial charge in [-0.05, 0) is 19.1 Å². The second kappa shape index (κ2) is 6.33. The molecule has 0 saturated carbocycles. The molecule has 1 atom stereocenters. The van der Waals surface area contributed by atoms with Gasteiger partial charge in [0, 0.05) is 31.2 Å². The number of hydrogen-bond donors (Lipinski definition) is 2. The van der Waals surface area contributed by atoms with Gasteiger partial charge >= 0.3 is 0 Å². The van der Waals surface area contributed by atoms with Gasteiger partial charge in [0.1, 0.15) is 0 Å². The largest absolute Gasteiger partial charge is 0.343 e. The van der Waals surface area contributed by atoms with Crippen LogP contribution in [0, 0.1) is 0 Å². The first-order valence-corrected chi connectivity index (χ1v) is 6.51. The third kappa shape index (κ3) is 3.79. The molecule has 1 unspecified atom stereocenters. The third-order valence-electron chi connectivity index (χ3n) is 3.16. The van der Waals surface area contributed by atoms with E-state index in [0.29, 0.717) is 24.7 Å². The normalized spacial score (nSPS) is 19.0. The van der Waals surface area contributed by atoms with Gasteiger partial charge < -0.3 is 15.5 Å². The first-order chi connectivity index (χ1) is 9.16. The first kappa shape index (κ1) is 13.5. The van der Waals surface area contributed by atoms with Crippen molar-refractivity contribution < 1.29 is 9.59 Å². The maximum absolute atomic E-state index is 12.0. The molecule has 19 heavy (non-hydrogen) atoms. The number of carbonyl (C=O) groups is 2. The Kier molecular flexibility index (Phi) is 4.52. The summed E-state index contributed by atoms with van der Waals surface area (Å²) in [5, 5.41) is 5.94. The van der Waals surface area contributed by atoms with E-state index in [4.69, 9.17) is 0 Å². The standard InChI is InChI=1S/C14H19N3O2/c1-11-10-17(8-7-15-11)13(18)9-16-14(19)12-5-3-2-4-6-12/h2-6,11,15H,7-10H2,1H3,(H,16,19). The molecule has 1 aliphatic heterocycles. The van der Waals surface area contributed by atoms with Gasteiger partial charge in [-0.15, -0.1) is 0 Å². The predicted octanol–water partition coefficient (Wildman–Crippen LogP) is 0.237. The summed E-state index contributed by atoms with van der Waals surface area (Å²) in [6, 6.07) is 9.22. The lowest BCUT2D eigenvalue weighted by molar-refractivity contribution is -0.131. The fraction of sp³-hybridized carbons (Fsp3) is 0.429. The van der Waals surface area contributed by atoms with Crippen molar-refractivity contribution in [3.8, 4) is 0 Å². The molecule has 2 amide bonds. The molecule has 0 spiro atoms. The summed E-state index contributed by atoms with van der Waals surface area (Å²) < 4.78 is 0. The van der Waals surface area contributed by atoms with Gasteiger partial charge in [-0.2, -0.15) is 0 Å². The minimum atomic E-state index is -0.211. The van der Waals surface area contributed by atoms with Gasteiger partial charge in [0.25, 0.3) is 5.91 Å². The van der Waals surface area contributed by atoms with Gasteiger partial charge in [-0.3, -0.25) is 9.59 Å². The van der Waals surface area contributed by atoms with E-state index in [9.17, 15) is 9.59 Å². The van der Waals surface area contributed by atoms with E-state index in [0.717, 1.165) is 6.54 Å². The Labute approximate surface area is 113 Å². The van der Waals surface area contributed by atoms with Crippen LogP contribution in [0.3, 0.4) is 0 Å². The Morgan fingerprint density at radius 1 is 1.37 bits per heavy atom. The van der Waals surface area contributed by atoms with Crippen LogP contribution in [0.15, 0.2) is 30.3 Å². The molecule has 102 valence electrons. The molecule has 2 N–H and O–H groups in total. The first-order valence-electron chi connectivity index (χ1n) is 6.51. The van der Waals surface area contributed by atoms with Crippen LogP contribution in [-0.4, -0.2) is 48.9 Å². The Morgan fingerprint density at radius 2 is 2.11 bits per heavy atom. The minimum absolute atomic E-state index is 0.0300. The fourth-order valence-corrected chi connectivity index (χ4v) is 2.12. The molecule has 2 rings (SSSR count). The van der Waals surface area contributed by atoms with E-state index >= 15 is 0 Å². The van der Waals surface area contributed by atoms with Gasteiger partial charge in [0.05, 0.1) is 6.54 Å². The van der Waals surface area contributed by atoms with Crippen LogP contribution in [0.4, 0.5) is 0 Å². The third-order valence-corrected chi connectivity index (χ3v) is 3.16. The summed E-state index contributed by atoms with van der Waals surface area (Å²) in [5.74, 6) is -0.241. The Bertz CT molecular complexity index is 447. The maximum Gasteiger partial charge on any atom is 0.251 e. The number of carbonyl (C=O) groups excluding carboxylic acids is 2. The fourth-order valence-electron chi connectivity index (χ4n) is 2.12. The van der Waals surface area contributed by atoms with Crippen molar-refractivity contribution in [1.82, 2.24) is 15.5 Å². The van der Waals surface area contributed by atoms with Crippen LogP contribution in [0.2, 0.25) is 0 Å². The number of piperazine rings is 1. The number of nitrogens with one attached hydrogen (secondary N) is 2. The Morgan fingerprint density at radius 3 is 2.79 bits per heavy atom. The van der Waals surface area contributed by atoms with Crippen LogP contribution in [-0.2, 0) is 4.79 Å². The molecule has 1 aromatic carbocycles. The Balaban J connectivity index is 1.82. The van der Waals surface area contributed by atoms with Crippen molar-refractivity contribution in [2.75, 3.05) is 26.2 Å². The zero-order valence-corrected chi connectivity index (χ0v) is 11.1. The molecular formula is C14H19N3O2. The molecular weight excluding hydrogens is 242 g/mol. The summed E-state index contributed by atoms with van der Waals surface area (Å²) in [6.07, 6.45) is 0. The molecule has 0 radical (unpaired) electrons. The van der Waals surface area contributed by atoms with Crippen LogP contribution >= 0.6 is 0 Å². The van der Waals surface area contributed by atoms with Crippen molar-refractivity contribution >= 4 is 11.8 Å². The van der Waals surface area contributed by atoms with Crippen molar-refractivity contribution in [1.29, 1.82) is 0 Å². The number of rotatable bonds is 3. The van der Waals surface area contributed by atoms with Gasteiger partial charge in [-0.25, -0.2) is 0 Å². The molecule has 0 bridgehead atoms. The Hall–Kier alpha value is -1.88. The van der Waals surface area contributed by atoms with Crippen LogP contribution in [0.5, 0.6) is 0 Å². The predicted molar refractivity (Wildman–Crippen MR) is 72.8 cm³/mol. The lowest BCUT2D eigenvalue weighted by Crippen LogP contribution is -2.53. The lowest BCUT2D eigenvalue weighted by Gasteiger charge is -2.31. The van der Waals surface area contributed by atoms with E-state index in [-0.39, 0.29) is 18.4 Å². The molecule has 1 fully saturated rings. The SMILES string of the molecule is CC1CN(C(=O)CNC(=O)c2ccccc2)CCN1. The van der Waals surface area contributed by atoms with E-state index in [1.807, 2.05) is 13.0 Å². The molecule has 1 heterocycles. The van der Waals surface area contributed by atoms with Crippen molar-refractivity contribution in [3.05, 3.63) is 35.9 Å². The average molecular weight is 261 g/mol. The maximum atomic E-state index is 12.0. The summed E-state index contributed by atoms with van der Waals surface area (Å²) in [6.45, 7) is 4.30. The zero-order chi connectivity index (χ0) is 13.7. The quantitative estimate of drug-likeness (QED) is 0.819. The molecule has 0 aromatic heterocycles. The topological polar surface area (TPSA) is 61.4 Å². The number of amides is 2. The molecule has 1 saturated heterocycles. The van der Waals surface area contributed by atoms with Gasteiger partial charge in [0.15, 0.2) is 0 Å². The molecule has 5 heteroatoms. The highest BCUT2D eigenvalue weighted by Crippen LogP contribution is 2.00. The number of benzene rings is 1. The van der Waals surface area contributed by atoms with Crippen LogP contribution in [0.1, 0.15) is 17.3 Å². The van der Waals surface area contributed by atoms with Crippen LogP contribution < -0.4 is 10.6 Å². The van der Waals surface area contributed by atoms with Gasteiger partial charge in [-0.1, -0.05) is 18.2 Å².